The van der Waals surface area contributed by atoms with Gasteiger partial charge in [0.1, 0.15) is 11.5 Å². The van der Waals surface area contributed by atoms with Crippen molar-refractivity contribution in [1.29, 1.82) is 0 Å². The van der Waals surface area contributed by atoms with Crippen molar-refractivity contribution in [3.05, 3.63) is 23.8 Å². The number of benzene rings is 1. The molecule has 2 rings (SSSR count). The Kier molecular flexibility index (Phi) is 5.95. The second kappa shape index (κ2) is 7.78. The lowest BCUT2D eigenvalue weighted by Crippen LogP contribution is -2.43. The minimum absolute atomic E-state index is 0.161. The molecule has 1 aromatic rings. The fourth-order valence-electron chi connectivity index (χ4n) is 3.08. The lowest BCUT2D eigenvalue weighted by atomic mass is 9.95. The Labute approximate surface area is 148 Å². The van der Waals surface area contributed by atoms with Crippen molar-refractivity contribution in [2.24, 2.45) is 5.92 Å². The van der Waals surface area contributed by atoms with Gasteiger partial charge in [-0.25, -0.2) is 4.79 Å². The van der Waals surface area contributed by atoms with Gasteiger partial charge in [0.25, 0.3) is 0 Å². The molecule has 8 heteroatoms. The van der Waals surface area contributed by atoms with Crippen molar-refractivity contribution in [1.82, 2.24) is 4.90 Å². The topological polar surface area (TPSA) is 85.3 Å². The van der Waals surface area contributed by atoms with Crippen molar-refractivity contribution in [3.8, 4) is 11.5 Å². The summed E-state index contributed by atoms with van der Waals surface area (Å²) in [7, 11) is 8.55. The van der Waals surface area contributed by atoms with E-state index in [1.165, 1.54) is 19.1 Å². The number of hydrogen-bond acceptors (Lipinski definition) is 5. The number of carbonyl (C=O) groups is 2. The SMILES string of the molecule is [B]C(=O)N1C(c2ccc(OC)cc2OC)O[C@@H](C(=O)O)[C@@H]1CC(C)C. The highest BCUT2D eigenvalue weighted by atomic mass is 16.6. The first-order chi connectivity index (χ1) is 11.8. The number of methoxy groups -OCH3 is 2. The van der Waals surface area contributed by atoms with Crippen LogP contribution in [-0.4, -0.2) is 56.0 Å². The van der Waals surface area contributed by atoms with Gasteiger partial charge in [0.05, 0.1) is 20.3 Å². The number of aliphatic carboxylic acids is 1. The third-order valence-electron chi connectivity index (χ3n) is 4.15. The molecule has 1 aromatic carbocycles. The maximum absolute atomic E-state index is 12.1. The van der Waals surface area contributed by atoms with Crippen LogP contribution in [0.3, 0.4) is 0 Å². The van der Waals surface area contributed by atoms with Gasteiger partial charge in [-0.1, -0.05) is 13.8 Å². The highest BCUT2D eigenvalue weighted by Crippen LogP contribution is 2.41. The minimum atomic E-state index is -1.16. The van der Waals surface area contributed by atoms with E-state index in [1.54, 1.807) is 18.2 Å². The molecule has 1 aliphatic rings. The lowest BCUT2D eigenvalue weighted by molar-refractivity contribution is -0.150. The number of hydrogen-bond donors (Lipinski definition) is 1. The van der Waals surface area contributed by atoms with Gasteiger partial charge < -0.3 is 24.2 Å². The summed E-state index contributed by atoms with van der Waals surface area (Å²) in [5, 5.41) is 9.51. The zero-order valence-corrected chi connectivity index (χ0v) is 14.8. The first-order valence-electron chi connectivity index (χ1n) is 7.98. The Morgan fingerprint density at radius 2 is 2.00 bits per heavy atom. The van der Waals surface area contributed by atoms with Crippen molar-refractivity contribution in [3.63, 3.8) is 0 Å². The number of carboxylic acid groups (broad SMARTS) is 1. The van der Waals surface area contributed by atoms with E-state index in [0.717, 1.165) is 0 Å². The van der Waals surface area contributed by atoms with Gasteiger partial charge in [-0.3, -0.25) is 4.79 Å². The zero-order chi connectivity index (χ0) is 18.7. The van der Waals surface area contributed by atoms with Gasteiger partial charge >= 0.3 is 5.97 Å². The van der Waals surface area contributed by atoms with Crippen molar-refractivity contribution >= 4 is 19.6 Å². The Morgan fingerprint density at radius 1 is 1.32 bits per heavy atom. The summed E-state index contributed by atoms with van der Waals surface area (Å²) in [6, 6.07) is 4.34. The highest BCUT2D eigenvalue weighted by molar-refractivity contribution is 6.57. The van der Waals surface area contributed by atoms with Gasteiger partial charge in [-0.15, -0.1) is 0 Å². The van der Waals surface area contributed by atoms with Crippen LogP contribution in [0.25, 0.3) is 0 Å². The molecule has 0 aromatic heterocycles. The number of ether oxygens (including phenoxy) is 3. The molecule has 2 radical (unpaired) electrons. The van der Waals surface area contributed by atoms with E-state index in [9.17, 15) is 14.7 Å². The van der Waals surface area contributed by atoms with E-state index in [1.807, 2.05) is 13.8 Å². The fraction of sp³-hybridized carbons (Fsp3) is 0.529. The summed E-state index contributed by atoms with van der Waals surface area (Å²) < 4.78 is 16.2. The molecule has 1 aliphatic heterocycles. The second-order valence-corrected chi connectivity index (χ2v) is 6.30. The van der Waals surface area contributed by atoms with Crippen LogP contribution in [0, 0.1) is 5.92 Å². The third-order valence-corrected chi connectivity index (χ3v) is 4.15. The molecule has 1 amide bonds. The molecule has 25 heavy (non-hydrogen) atoms. The Morgan fingerprint density at radius 3 is 2.48 bits per heavy atom. The molecular formula is C17H22BNO6. The highest BCUT2D eigenvalue weighted by Gasteiger charge is 2.48. The normalized spacial score (nSPS) is 22.9. The van der Waals surface area contributed by atoms with Crippen LogP contribution in [0.15, 0.2) is 18.2 Å². The Balaban J connectivity index is 2.48. The molecule has 134 valence electrons. The van der Waals surface area contributed by atoms with E-state index in [2.05, 4.69) is 0 Å². The maximum Gasteiger partial charge on any atom is 0.335 e. The number of carboxylic acids is 1. The maximum atomic E-state index is 12.1. The summed E-state index contributed by atoms with van der Waals surface area (Å²) in [6.07, 6.45) is -1.65. The fourth-order valence-corrected chi connectivity index (χ4v) is 3.08. The summed E-state index contributed by atoms with van der Waals surface area (Å²) in [4.78, 5) is 25.0. The summed E-state index contributed by atoms with van der Waals surface area (Å²) in [6.45, 7) is 3.89. The number of amides is 1. The standard InChI is InChI=1S/C17H22BNO6/c1-9(2)7-12-14(16(20)21)25-15(19(12)17(18)22)11-6-5-10(23-3)8-13(11)24-4/h5-6,8-9,12,14-15H,7H2,1-4H3,(H,20,21)/t12-,14+,15?/m0/s1. The summed E-state index contributed by atoms with van der Waals surface area (Å²) in [5.74, 6) is -0.722. The molecule has 1 heterocycles. The van der Waals surface area contributed by atoms with Gasteiger partial charge in [0.2, 0.25) is 7.85 Å². The zero-order valence-electron chi connectivity index (χ0n) is 14.8. The van der Waals surface area contributed by atoms with Crippen LogP contribution in [0.5, 0.6) is 11.5 Å². The van der Waals surface area contributed by atoms with E-state index in [0.29, 0.717) is 23.5 Å². The van der Waals surface area contributed by atoms with Crippen LogP contribution in [0.2, 0.25) is 0 Å². The molecule has 7 nitrogen and oxygen atoms in total. The number of nitrogens with zero attached hydrogens (tertiary/aromatic N) is 1. The van der Waals surface area contributed by atoms with E-state index in [-0.39, 0.29) is 5.92 Å². The Hall–Kier alpha value is -2.22. The lowest BCUT2D eigenvalue weighted by Gasteiger charge is -2.30. The molecule has 0 saturated carbocycles. The van der Waals surface area contributed by atoms with Crippen molar-refractivity contribution in [2.75, 3.05) is 14.2 Å². The van der Waals surface area contributed by atoms with Gasteiger partial charge in [-0.05, 0) is 24.5 Å². The summed E-state index contributed by atoms with van der Waals surface area (Å²) >= 11 is 0. The van der Waals surface area contributed by atoms with Crippen LogP contribution in [0.4, 0.5) is 4.79 Å². The van der Waals surface area contributed by atoms with E-state index < -0.39 is 30.1 Å². The quantitative estimate of drug-likeness (QED) is 0.794. The molecule has 1 fully saturated rings. The summed E-state index contributed by atoms with van der Waals surface area (Å²) in [5.41, 5.74) is 0.514. The first-order valence-corrected chi connectivity index (χ1v) is 7.98. The molecule has 0 bridgehead atoms. The molecule has 1 unspecified atom stereocenters. The predicted molar refractivity (Wildman–Crippen MR) is 91.0 cm³/mol. The van der Waals surface area contributed by atoms with Crippen LogP contribution < -0.4 is 9.47 Å². The molecule has 3 atom stereocenters. The molecule has 0 aliphatic carbocycles. The van der Waals surface area contributed by atoms with Crippen molar-refractivity contribution < 1.29 is 28.9 Å². The number of carbonyl (C=O) groups excluding carboxylic acids is 1. The molecule has 0 spiro atoms. The van der Waals surface area contributed by atoms with Crippen LogP contribution in [-0.2, 0) is 9.53 Å². The predicted octanol–water partition coefficient (Wildman–Crippen LogP) is 2.19. The number of rotatable bonds is 6. The second-order valence-electron chi connectivity index (χ2n) is 6.30. The van der Waals surface area contributed by atoms with Gasteiger partial charge in [0.15, 0.2) is 18.1 Å². The van der Waals surface area contributed by atoms with Crippen LogP contribution in [0.1, 0.15) is 32.1 Å². The van der Waals surface area contributed by atoms with E-state index >= 15 is 0 Å². The van der Waals surface area contributed by atoms with Crippen LogP contribution >= 0.6 is 0 Å². The first kappa shape index (κ1) is 19.1. The largest absolute Gasteiger partial charge is 0.497 e. The van der Waals surface area contributed by atoms with Gasteiger partial charge in [0, 0.05) is 11.6 Å². The molecular weight excluding hydrogens is 325 g/mol. The van der Waals surface area contributed by atoms with Crippen molar-refractivity contribution in [2.45, 2.75) is 38.6 Å². The third kappa shape index (κ3) is 3.90. The average Bonchev–Trinajstić information content (AvgIpc) is 2.92. The van der Waals surface area contributed by atoms with E-state index in [4.69, 9.17) is 22.1 Å². The monoisotopic (exact) mass is 347 g/mol. The van der Waals surface area contributed by atoms with Gasteiger partial charge in [-0.2, -0.15) is 0 Å². The average molecular weight is 347 g/mol. The Bertz CT molecular complexity index is 650. The minimum Gasteiger partial charge on any atom is -0.497 e. The molecule has 1 saturated heterocycles. The smallest absolute Gasteiger partial charge is 0.335 e. The molecule has 1 N–H and O–H groups in total.